The molecule has 1 aliphatic heterocycles. The van der Waals surface area contributed by atoms with E-state index >= 15 is 0 Å². The normalized spacial score (nSPS) is 18.6. The molecule has 116 valence electrons. The van der Waals surface area contributed by atoms with Crippen molar-refractivity contribution in [2.45, 2.75) is 45.9 Å². The van der Waals surface area contributed by atoms with Crippen molar-refractivity contribution in [3.05, 3.63) is 0 Å². The predicted octanol–water partition coefficient (Wildman–Crippen LogP) is 0.799. The Morgan fingerprint density at radius 2 is 2.00 bits per heavy atom. The molecule has 7 nitrogen and oxygen atoms in total. The molecule has 0 bridgehead atoms. The first kappa shape index (κ1) is 16.7. The molecule has 0 aromatic carbocycles. The zero-order chi connectivity index (χ0) is 15.4. The maximum atomic E-state index is 11.7. The number of amides is 1. The Balaban J connectivity index is 2.38. The predicted molar refractivity (Wildman–Crippen MR) is 69.9 cm³/mol. The summed E-state index contributed by atoms with van der Waals surface area (Å²) in [5, 5.41) is 11.4. The highest BCUT2D eigenvalue weighted by Crippen LogP contribution is 2.30. The molecule has 1 rings (SSSR count). The monoisotopic (exact) mass is 289 g/mol. The molecule has 1 amide bonds. The summed E-state index contributed by atoms with van der Waals surface area (Å²) >= 11 is 0. The number of hydrogen-bond acceptors (Lipinski definition) is 6. The Hall–Kier alpha value is -1.34. The molecule has 0 aliphatic carbocycles. The van der Waals surface area contributed by atoms with Crippen molar-refractivity contribution in [2.75, 3.05) is 19.8 Å². The van der Waals surface area contributed by atoms with Gasteiger partial charge in [-0.3, -0.25) is 10.1 Å². The van der Waals surface area contributed by atoms with E-state index in [1.54, 1.807) is 20.8 Å². The number of aliphatic hydroxyl groups excluding tert-OH is 1. The number of aliphatic hydroxyl groups is 1. The summed E-state index contributed by atoms with van der Waals surface area (Å²) in [5.74, 6) is -0.495. The highest BCUT2D eigenvalue weighted by atomic mass is 16.6. The van der Waals surface area contributed by atoms with Crippen LogP contribution in [-0.4, -0.2) is 48.8 Å². The van der Waals surface area contributed by atoms with Crippen molar-refractivity contribution in [2.24, 2.45) is 5.41 Å². The molecule has 1 aliphatic rings. The van der Waals surface area contributed by atoms with Crippen LogP contribution in [0.5, 0.6) is 0 Å². The Bertz CT molecular complexity index is 358. The molecule has 0 unspecified atom stereocenters. The van der Waals surface area contributed by atoms with Gasteiger partial charge in [0.25, 0.3) is 0 Å². The van der Waals surface area contributed by atoms with E-state index in [1.807, 2.05) is 6.92 Å². The average molecular weight is 289 g/mol. The lowest BCUT2D eigenvalue weighted by molar-refractivity contribution is -0.166. The van der Waals surface area contributed by atoms with Crippen molar-refractivity contribution in [1.29, 1.82) is 0 Å². The molecule has 7 heteroatoms. The van der Waals surface area contributed by atoms with Gasteiger partial charge in [0.1, 0.15) is 5.60 Å². The van der Waals surface area contributed by atoms with Crippen molar-refractivity contribution < 1.29 is 28.9 Å². The minimum absolute atomic E-state index is 0.180. The SMILES string of the molecule is CC1(CC(=O)O[C@H](CO)NC(=O)OC(C)(C)C)COC1. The number of ether oxygens (including phenoxy) is 3. The van der Waals surface area contributed by atoms with Crippen molar-refractivity contribution in [1.82, 2.24) is 5.32 Å². The zero-order valence-corrected chi connectivity index (χ0v) is 12.4. The van der Waals surface area contributed by atoms with Gasteiger partial charge in [-0.15, -0.1) is 0 Å². The molecule has 0 saturated carbocycles. The van der Waals surface area contributed by atoms with Gasteiger partial charge in [-0.05, 0) is 20.8 Å². The van der Waals surface area contributed by atoms with E-state index in [4.69, 9.17) is 19.3 Å². The van der Waals surface area contributed by atoms with E-state index in [1.165, 1.54) is 0 Å². The summed E-state index contributed by atoms with van der Waals surface area (Å²) in [5.41, 5.74) is -0.881. The number of esters is 1. The van der Waals surface area contributed by atoms with Crippen LogP contribution in [0.4, 0.5) is 4.79 Å². The van der Waals surface area contributed by atoms with Gasteiger partial charge in [-0.25, -0.2) is 4.79 Å². The van der Waals surface area contributed by atoms with E-state index in [-0.39, 0.29) is 11.8 Å². The van der Waals surface area contributed by atoms with Gasteiger partial charge in [-0.1, -0.05) is 6.92 Å². The summed E-state index contributed by atoms with van der Waals surface area (Å²) in [6.45, 7) is 7.54. The standard InChI is InChI=1S/C13H23NO6/c1-12(2,3)20-11(17)14-9(6-15)19-10(16)5-13(4)7-18-8-13/h9,15H,5-8H2,1-4H3,(H,14,17)/t9-/m1/s1. The van der Waals surface area contributed by atoms with Crippen molar-refractivity contribution in [3.8, 4) is 0 Å². The first-order valence-electron chi connectivity index (χ1n) is 6.51. The Morgan fingerprint density at radius 1 is 1.40 bits per heavy atom. The van der Waals surface area contributed by atoms with Gasteiger partial charge < -0.3 is 19.3 Å². The fraction of sp³-hybridized carbons (Fsp3) is 0.846. The second-order valence-corrected chi connectivity index (χ2v) is 6.29. The third kappa shape index (κ3) is 5.75. The number of carbonyl (C=O) groups excluding carboxylic acids is 2. The third-order valence-corrected chi connectivity index (χ3v) is 2.59. The third-order valence-electron chi connectivity index (χ3n) is 2.59. The molecule has 0 aromatic rings. The second kappa shape index (κ2) is 6.41. The van der Waals surface area contributed by atoms with Crippen LogP contribution in [0, 0.1) is 5.41 Å². The van der Waals surface area contributed by atoms with Crippen LogP contribution >= 0.6 is 0 Å². The summed E-state index contributed by atoms with van der Waals surface area (Å²) in [6.07, 6.45) is -1.68. The number of rotatable bonds is 5. The van der Waals surface area contributed by atoms with E-state index in [0.717, 1.165) is 0 Å². The molecule has 1 atom stereocenters. The zero-order valence-electron chi connectivity index (χ0n) is 12.4. The van der Waals surface area contributed by atoms with Crippen molar-refractivity contribution in [3.63, 3.8) is 0 Å². The van der Waals surface area contributed by atoms with Crippen LogP contribution in [0.1, 0.15) is 34.1 Å². The molecule has 1 fully saturated rings. The Morgan fingerprint density at radius 3 is 2.40 bits per heavy atom. The minimum Gasteiger partial charge on any atom is -0.444 e. The highest BCUT2D eigenvalue weighted by Gasteiger charge is 2.37. The fourth-order valence-corrected chi connectivity index (χ4v) is 1.65. The smallest absolute Gasteiger partial charge is 0.410 e. The maximum Gasteiger partial charge on any atom is 0.410 e. The molecule has 0 radical (unpaired) electrons. The van der Waals surface area contributed by atoms with Crippen LogP contribution in [-0.2, 0) is 19.0 Å². The topological polar surface area (TPSA) is 94.1 Å². The summed E-state index contributed by atoms with van der Waals surface area (Å²) in [6, 6.07) is 0. The first-order valence-corrected chi connectivity index (χ1v) is 6.51. The lowest BCUT2D eigenvalue weighted by atomic mass is 9.85. The summed E-state index contributed by atoms with van der Waals surface area (Å²) < 4.78 is 15.1. The van der Waals surface area contributed by atoms with E-state index in [2.05, 4.69) is 5.32 Å². The molecule has 2 N–H and O–H groups in total. The average Bonchev–Trinajstić information content (AvgIpc) is 2.23. The van der Waals surface area contributed by atoms with Crippen molar-refractivity contribution >= 4 is 12.1 Å². The molecule has 20 heavy (non-hydrogen) atoms. The molecule has 1 saturated heterocycles. The number of alkyl carbamates (subject to hydrolysis) is 1. The van der Waals surface area contributed by atoms with Gasteiger partial charge in [0.15, 0.2) is 0 Å². The van der Waals surface area contributed by atoms with Crippen LogP contribution in [0.3, 0.4) is 0 Å². The molecule has 0 spiro atoms. The van der Waals surface area contributed by atoms with Gasteiger partial charge in [0.05, 0.1) is 26.2 Å². The molecular weight excluding hydrogens is 266 g/mol. The van der Waals surface area contributed by atoms with E-state index in [9.17, 15) is 9.59 Å². The second-order valence-electron chi connectivity index (χ2n) is 6.29. The van der Waals surface area contributed by atoms with E-state index < -0.39 is 30.5 Å². The lowest BCUT2D eigenvalue weighted by Gasteiger charge is -2.37. The minimum atomic E-state index is -1.11. The van der Waals surface area contributed by atoms with Gasteiger partial charge in [0.2, 0.25) is 6.23 Å². The molecule has 1 heterocycles. The van der Waals surface area contributed by atoms with E-state index in [0.29, 0.717) is 13.2 Å². The number of nitrogens with one attached hydrogen (secondary N) is 1. The number of carbonyl (C=O) groups is 2. The number of hydrogen-bond donors (Lipinski definition) is 2. The first-order chi connectivity index (χ1) is 9.13. The Labute approximate surface area is 118 Å². The quantitative estimate of drug-likeness (QED) is 0.574. The van der Waals surface area contributed by atoms with Crippen LogP contribution in [0.2, 0.25) is 0 Å². The lowest BCUT2D eigenvalue weighted by Crippen LogP contribution is -2.46. The molecule has 0 aromatic heterocycles. The van der Waals surface area contributed by atoms with Gasteiger partial charge in [0, 0.05) is 5.41 Å². The van der Waals surface area contributed by atoms with Gasteiger partial charge in [-0.2, -0.15) is 0 Å². The van der Waals surface area contributed by atoms with Crippen LogP contribution in [0.15, 0.2) is 0 Å². The molecular formula is C13H23NO6. The largest absolute Gasteiger partial charge is 0.444 e. The summed E-state index contributed by atoms with van der Waals surface area (Å²) in [4.78, 5) is 23.2. The van der Waals surface area contributed by atoms with Gasteiger partial charge >= 0.3 is 12.1 Å². The Kier molecular flexibility index (Phi) is 5.35. The fourth-order valence-electron chi connectivity index (χ4n) is 1.65. The summed E-state index contributed by atoms with van der Waals surface area (Å²) in [7, 11) is 0. The van der Waals surface area contributed by atoms with Crippen LogP contribution < -0.4 is 5.32 Å². The van der Waals surface area contributed by atoms with Crippen LogP contribution in [0.25, 0.3) is 0 Å². The highest BCUT2D eigenvalue weighted by molar-refractivity contribution is 5.72. The maximum absolute atomic E-state index is 11.7.